The molecule has 1 saturated heterocycles. The zero-order valence-corrected chi connectivity index (χ0v) is 13.9. The molecule has 4 nitrogen and oxygen atoms in total. The van der Waals surface area contributed by atoms with Crippen molar-refractivity contribution in [2.45, 2.75) is 31.7 Å². The molecule has 22 heavy (non-hydrogen) atoms. The average molecular weight is 343 g/mol. The molecule has 0 saturated carbocycles. The van der Waals surface area contributed by atoms with E-state index in [2.05, 4.69) is 5.32 Å². The summed E-state index contributed by atoms with van der Waals surface area (Å²) in [7, 11) is 0. The van der Waals surface area contributed by atoms with Crippen LogP contribution in [0.15, 0.2) is 24.3 Å². The van der Waals surface area contributed by atoms with Crippen LogP contribution < -0.4 is 5.32 Å². The maximum absolute atomic E-state index is 12.2. The Hall–Kier alpha value is -1.26. The van der Waals surface area contributed by atoms with Gasteiger partial charge in [-0.1, -0.05) is 23.7 Å². The maximum Gasteiger partial charge on any atom is 0.253 e. The molecule has 2 rings (SSSR count). The van der Waals surface area contributed by atoms with Gasteiger partial charge in [0.2, 0.25) is 5.91 Å². The normalized spacial score (nSPS) is 15.6. The molecule has 1 aromatic carbocycles. The lowest BCUT2D eigenvalue weighted by Crippen LogP contribution is -2.46. The minimum atomic E-state index is -0.155. The minimum absolute atomic E-state index is 0.0841. The second-order valence-electron chi connectivity index (χ2n) is 5.40. The number of amides is 2. The van der Waals surface area contributed by atoms with Crippen LogP contribution in [0.25, 0.3) is 0 Å². The van der Waals surface area contributed by atoms with E-state index in [1.54, 1.807) is 24.3 Å². The summed E-state index contributed by atoms with van der Waals surface area (Å²) in [5.41, 5.74) is 0.491. The second-order valence-corrected chi connectivity index (χ2v) is 6.19. The molecular formula is C16H20Cl2N2O2. The maximum atomic E-state index is 12.2. The Bertz CT molecular complexity index is 529. The lowest BCUT2D eigenvalue weighted by atomic mass is 10.0. The zero-order valence-electron chi connectivity index (χ0n) is 12.4. The van der Waals surface area contributed by atoms with Crippen LogP contribution in [0.3, 0.4) is 0 Å². The summed E-state index contributed by atoms with van der Waals surface area (Å²) in [6, 6.07) is 7.08. The Kier molecular flexibility index (Phi) is 6.52. The van der Waals surface area contributed by atoms with Gasteiger partial charge in [-0.25, -0.2) is 0 Å². The van der Waals surface area contributed by atoms with E-state index in [0.717, 1.165) is 12.8 Å². The first-order chi connectivity index (χ1) is 10.6. The van der Waals surface area contributed by atoms with Crippen molar-refractivity contribution in [1.29, 1.82) is 0 Å². The molecule has 6 heteroatoms. The van der Waals surface area contributed by atoms with Crippen molar-refractivity contribution in [3.63, 3.8) is 0 Å². The van der Waals surface area contributed by atoms with Crippen LogP contribution in [0.5, 0.6) is 0 Å². The lowest BCUT2D eigenvalue weighted by Gasteiger charge is -2.32. The Balaban J connectivity index is 1.81. The molecule has 120 valence electrons. The summed E-state index contributed by atoms with van der Waals surface area (Å²) in [6.07, 6.45) is 2.75. The highest BCUT2D eigenvalue weighted by atomic mass is 35.5. The number of piperidine rings is 1. The molecule has 0 aromatic heterocycles. The first kappa shape index (κ1) is 17.1. The van der Waals surface area contributed by atoms with Crippen molar-refractivity contribution in [2.24, 2.45) is 0 Å². The number of nitrogens with zero attached hydrogens (tertiary/aromatic N) is 1. The highest BCUT2D eigenvalue weighted by Crippen LogP contribution is 2.17. The minimum Gasteiger partial charge on any atom is -0.349 e. The topological polar surface area (TPSA) is 49.4 Å². The quantitative estimate of drug-likeness (QED) is 0.836. The van der Waals surface area contributed by atoms with Crippen LogP contribution in [-0.4, -0.2) is 41.7 Å². The van der Waals surface area contributed by atoms with E-state index in [0.29, 0.717) is 42.4 Å². The third-order valence-electron chi connectivity index (χ3n) is 3.83. The monoisotopic (exact) mass is 342 g/mol. The lowest BCUT2D eigenvalue weighted by molar-refractivity contribution is -0.132. The van der Waals surface area contributed by atoms with Gasteiger partial charge in [-0.15, -0.1) is 11.6 Å². The van der Waals surface area contributed by atoms with Crippen LogP contribution >= 0.6 is 23.2 Å². The predicted molar refractivity (Wildman–Crippen MR) is 88.5 cm³/mol. The van der Waals surface area contributed by atoms with E-state index in [1.807, 2.05) is 4.90 Å². The number of alkyl halides is 1. The molecule has 1 fully saturated rings. The van der Waals surface area contributed by atoms with Crippen molar-refractivity contribution < 1.29 is 9.59 Å². The first-order valence-corrected chi connectivity index (χ1v) is 8.42. The highest BCUT2D eigenvalue weighted by Gasteiger charge is 2.24. The fourth-order valence-corrected chi connectivity index (χ4v) is 2.91. The summed E-state index contributed by atoms with van der Waals surface area (Å²) in [4.78, 5) is 26.0. The van der Waals surface area contributed by atoms with Crippen molar-refractivity contribution in [2.75, 3.05) is 19.0 Å². The van der Waals surface area contributed by atoms with Gasteiger partial charge in [-0.3, -0.25) is 9.59 Å². The molecule has 0 spiro atoms. The van der Waals surface area contributed by atoms with Crippen molar-refractivity contribution in [1.82, 2.24) is 10.2 Å². The molecule has 0 radical (unpaired) electrons. The molecule has 0 unspecified atom stereocenters. The first-order valence-electron chi connectivity index (χ1n) is 7.51. The van der Waals surface area contributed by atoms with E-state index in [-0.39, 0.29) is 17.9 Å². The fraction of sp³-hybridized carbons (Fsp3) is 0.500. The smallest absolute Gasteiger partial charge is 0.253 e. The molecule has 1 heterocycles. The summed E-state index contributed by atoms with van der Waals surface area (Å²) in [5.74, 6) is 0.505. The Labute approximate surface area is 140 Å². The number of carbonyl (C=O) groups is 2. The summed E-state index contributed by atoms with van der Waals surface area (Å²) in [5, 5.41) is 3.45. The Morgan fingerprint density at radius 2 is 1.91 bits per heavy atom. The summed E-state index contributed by atoms with van der Waals surface area (Å²) in [6.45, 7) is 1.35. The third kappa shape index (κ3) is 4.62. The van der Waals surface area contributed by atoms with Crippen LogP contribution in [0, 0.1) is 0 Å². The van der Waals surface area contributed by atoms with Gasteiger partial charge >= 0.3 is 0 Å². The number of hydrogen-bond acceptors (Lipinski definition) is 2. The van der Waals surface area contributed by atoms with E-state index in [1.165, 1.54) is 0 Å². The number of nitrogens with one attached hydrogen (secondary N) is 1. The standard InChI is InChI=1S/C16H20Cl2N2O2/c17-9-3-6-15(21)20-10-7-12(8-11-20)19-16(22)13-4-1-2-5-14(13)18/h1-2,4-5,12H,3,6-11H2,(H,19,22). The summed E-state index contributed by atoms with van der Waals surface area (Å²) < 4.78 is 0. The van der Waals surface area contributed by atoms with Crippen LogP contribution in [0.4, 0.5) is 0 Å². The predicted octanol–water partition coefficient (Wildman–Crippen LogP) is 3.08. The fourth-order valence-electron chi connectivity index (χ4n) is 2.56. The van der Waals surface area contributed by atoms with Gasteiger partial charge in [0.15, 0.2) is 0 Å². The van der Waals surface area contributed by atoms with Crippen LogP contribution in [0.2, 0.25) is 5.02 Å². The summed E-state index contributed by atoms with van der Waals surface area (Å²) >= 11 is 11.6. The molecule has 1 aliphatic heterocycles. The molecular weight excluding hydrogens is 323 g/mol. The van der Waals surface area contributed by atoms with Crippen molar-refractivity contribution in [3.8, 4) is 0 Å². The van der Waals surface area contributed by atoms with Gasteiger partial charge < -0.3 is 10.2 Å². The number of hydrogen-bond donors (Lipinski definition) is 1. The van der Waals surface area contributed by atoms with E-state index in [9.17, 15) is 9.59 Å². The number of benzene rings is 1. The van der Waals surface area contributed by atoms with E-state index in [4.69, 9.17) is 23.2 Å². The largest absolute Gasteiger partial charge is 0.349 e. The molecule has 2 amide bonds. The van der Waals surface area contributed by atoms with Crippen LogP contribution in [0.1, 0.15) is 36.0 Å². The van der Waals surface area contributed by atoms with E-state index < -0.39 is 0 Å². The highest BCUT2D eigenvalue weighted by molar-refractivity contribution is 6.33. The number of likely N-dealkylation sites (tertiary alicyclic amines) is 1. The molecule has 0 aliphatic carbocycles. The van der Waals surface area contributed by atoms with E-state index >= 15 is 0 Å². The zero-order chi connectivity index (χ0) is 15.9. The molecule has 1 N–H and O–H groups in total. The van der Waals surface area contributed by atoms with Gasteiger partial charge in [-0.05, 0) is 31.4 Å². The van der Waals surface area contributed by atoms with Gasteiger partial charge in [0.25, 0.3) is 5.91 Å². The number of carbonyl (C=O) groups excluding carboxylic acids is 2. The van der Waals surface area contributed by atoms with Gasteiger partial charge in [0, 0.05) is 31.4 Å². The molecule has 1 aromatic rings. The van der Waals surface area contributed by atoms with Crippen molar-refractivity contribution in [3.05, 3.63) is 34.9 Å². The average Bonchev–Trinajstić information content (AvgIpc) is 2.53. The number of rotatable bonds is 5. The molecule has 1 aliphatic rings. The molecule has 0 bridgehead atoms. The molecule has 0 atom stereocenters. The number of halogens is 2. The van der Waals surface area contributed by atoms with Gasteiger partial charge in [0.1, 0.15) is 0 Å². The van der Waals surface area contributed by atoms with Gasteiger partial charge in [0.05, 0.1) is 10.6 Å². The second kappa shape index (κ2) is 8.39. The third-order valence-corrected chi connectivity index (χ3v) is 4.42. The van der Waals surface area contributed by atoms with Gasteiger partial charge in [-0.2, -0.15) is 0 Å². The van der Waals surface area contributed by atoms with Crippen molar-refractivity contribution >= 4 is 35.0 Å². The Morgan fingerprint density at radius 1 is 1.23 bits per heavy atom. The van der Waals surface area contributed by atoms with Crippen LogP contribution in [-0.2, 0) is 4.79 Å². The Morgan fingerprint density at radius 3 is 2.55 bits per heavy atom. The SMILES string of the molecule is O=C(NC1CCN(C(=O)CCCCl)CC1)c1ccccc1Cl.